The van der Waals surface area contributed by atoms with Crippen LogP contribution in [0.2, 0.25) is 5.02 Å². The Hall–Kier alpha value is -1.72. The number of imidazole rings is 1. The zero-order valence-corrected chi connectivity index (χ0v) is 13.3. The standard InChI is InChI=1S/C16H14ClN3OS/c17-12-3-1-11(2-4-12)15-19-13(9-21-15)10-22-16-18-7-8-20(16)14-5-6-14/h1-4,7-9,14H,5-6,10H2. The number of aromatic nitrogens is 3. The summed E-state index contributed by atoms with van der Waals surface area (Å²) in [5.41, 5.74) is 1.85. The van der Waals surface area contributed by atoms with Crippen LogP contribution in [0.4, 0.5) is 0 Å². The molecule has 0 amide bonds. The van der Waals surface area contributed by atoms with E-state index >= 15 is 0 Å². The molecule has 1 aliphatic carbocycles. The summed E-state index contributed by atoms with van der Waals surface area (Å²) in [6.45, 7) is 0. The van der Waals surface area contributed by atoms with Gasteiger partial charge in [0.15, 0.2) is 5.16 Å². The fourth-order valence-electron chi connectivity index (χ4n) is 2.28. The van der Waals surface area contributed by atoms with E-state index in [-0.39, 0.29) is 0 Å². The van der Waals surface area contributed by atoms with Gasteiger partial charge in [-0.3, -0.25) is 0 Å². The monoisotopic (exact) mass is 331 g/mol. The first-order chi connectivity index (χ1) is 10.8. The summed E-state index contributed by atoms with van der Waals surface area (Å²) in [7, 11) is 0. The highest BCUT2D eigenvalue weighted by Crippen LogP contribution is 2.38. The molecule has 2 aromatic heterocycles. The summed E-state index contributed by atoms with van der Waals surface area (Å²) >= 11 is 7.59. The first kappa shape index (κ1) is 13.9. The molecule has 6 heteroatoms. The number of rotatable bonds is 5. The molecule has 1 saturated carbocycles. The Bertz CT molecular complexity index is 777. The minimum atomic E-state index is 0.623. The van der Waals surface area contributed by atoms with Crippen molar-refractivity contribution in [3.8, 4) is 11.5 Å². The highest BCUT2D eigenvalue weighted by Gasteiger charge is 2.25. The number of halogens is 1. The number of benzene rings is 1. The van der Waals surface area contributed by atoms with E-state index in [4.69, 9.17) is 16.0 Å². The van der Waals surface area contributed by atoms with E-state index in [0.29, 0.717) is 17.0 Å². The first-order valence-electron chi connectivity index (χ1n) is 7.15. The maximum Gasteiger partial charge on any atom is 0.226 e. The van der Waals surface area contributed by atoms with E-state index in [1.54, 1.807) is 18.0 Å². The molecule has 0 unspecified atom stereocenters. The average molecular weight is 332 g/mol. The summed E-state index contributed by atoms with van der Waals surface area (Å²) < 4.78 is 7.81. The van der Waals surface area contributed by atoms with Gasteiger partial charge in [0, 0.05) is 34.8 Å². The van der Waals surface area contributed by atoms with Gasteiger partial charge in [0.05, 0.1) is 5.69 Å². The molecule has 0 saturated heterocycles. The van der Waals surface area contributed by atoms with Crippen LogP contribution in [0, 0.1) is 0 Å². The third kappa shape index (κ3) is 2.91. The lowest BCUT2D eigenvalue weighted by Crippen LogP contribution is -1.94. The Morgan fingerprint density at radius 1 is 1.27 bits per heavy atom. The number of thioether (sulfide) groups is 1. The van der Waals surface area contributed by atoms with E-state index in [9.17, 15) is 0 Å². The Kier molecular flexibility index (Phi) is 3.68. The van der Waals surface area contributed by atoms with Crippen LogP contribution >= 0.6 is 23.4 Å². The molecular formula is C16H14ClN3OS. The zero-order chi connectivity index (χ0) is 14.9. The average Bonchev–Trinajstić information content (AvgIpc) is 3.09. The van der Waals surface area contributed by atoms with Crippen molar-refractivity contribution < 1.29 is 4.42 Å². The second-order valence-electron chi connectivity index (χ2n) is 5.29. The van der Waals surface area contributed by atoms with E-state index in [2.05, 4.69) is 20.7 Å². The maximum atomic E-state index is 5.89. The summed E-state index contributed by atoms with van der Waals surface area (Å²) in [6.07, 6.45) is 8.15. The summed E-state index contributed by atoms with van der Waals surface area (Å²) in [6, 6.07) is 8.13. The zero-order valence-electron chi connectivity index (χ0n) is 11.8. The molecule has 2 heterocycles. The molecule has 0 spiro atoms. The van der Waals surface area contributed by atoms with Crippen molar-refractivity contribution in [1.82, 2.24) is 14.5 Å². The largest absolute Gasteiger partial charge is 0.444 e. The van der Waals surface area contributed by atoms with Crippen LogP contribution in [-0.4, -0.2) is 14.5 Å². The van der Waals surface area contributed by atoms with Crippen molar-refractivity contribution in [1.29, 1.82) is 0 Å². The van der Waals surface area contributed by atoms with Gasteiger partial charge >= 0.3 is 0 Å². The molecule has 0 aliphatic heterocycles. The van der Waals surface area contributed by atoms with Crippen molar-refractivity contribution in [3.05, 3.63) is 53.6 Å². The van der Waals surface area contributed by atoms with Crippen LogP contribution in [0.25, 0.3) is 11.5 Å². The smallest absolute Gasteiger partial charge is 0.226 e. The van der Waals surface area contributed by atoms with Gasteiger partial charge in [0.2, 0.25) is 5.89 Å². The third-order valence-electron chi connectivity index (χ3n) is 3.57. The van der Waals surface area contributed by atoms with E-state index in [1.165, 1.54) is 12.8 Å². The van der Waals surface area contributed by atoms with Crippen LogP contribution in [-0.2, 0) is 5.75 Å². The van der Waals surface area contributed by atoms with E-state index in [1.807, 2.05) is 30.5 Å². The lowest BCUT2D eigenvalue weighted by Gasteiger charge is -2.03. The number of nitrogens with zero attached hydrogens (tertiary/aromatic N) is 3. The van der Waals surface area contributed by atoms with Gasteiger partial charge in [-0.2, -0.15) is 0 Å². The molecule has 22 heavy (non-hydrogen) atoms. The first-order valence-corrected chi connectivity index (χ1v) is 8.52. The molecule has 1 fully saturated rings. The van der Waals surface area contributed by atoms with Crippen molar-refractivity contribution in [3.63, 3.8) is 0 Å². The van der Waals surface area contributed by atoms with Crippen LogP contribution in [0.1, 0.15) is 24.6 Å². The van der Waals surface area contributed by atoms with Crippen molar-refractivity contribution in [2.75, 3.05) is 0 Å². The van der Waals surface area contributed by atoms with Gasteiger partial charge in [-0.25, -0.2) is 9.97 Å². The number of hydrogen-bond donors (Lipinski definition) is 0. The highest BCUT2D eigenvalue weighted by atomic mass is 35.5. The fourth-order valence-corrected chi connectivity index (χ4v) is 3.31. The Balaban J connectivity index is 1.45. The fraction of sp³-hybridized carbons (Fsp3) is 0.250. The van der Waals surface area contributed by atoms with Crippen molar-refractivity contribution in [2.45, 2.75) is 29.8 Å². The minimum Gasteiger partial charge on any atom is -0.444 e. The van der Waals surface area contributed by atoms with Gasteiger partial charge < -0.3 is 8.98 Å². The van der Waals surface area contributed by atoms with Gasteiger partial charge in [-0.15, -0.1) is 0 Å². The summed E-state index contributed by atoms with van der Waals surface area (Å²) in [5.74, 6) is 1.37. The maximum absolute atomic E-state index is 5.89. The molecule has 0 N–H and O–H groups in total. The molecule has 4 nitrogen and oxygen atoms in total. The van der Waals surface area contributed by atoms with Gasteiger partial charge in [0.1, 0.15) is 6.26 Å². The van der Waals surface area contributed by atoms with Crippen molar-refractivity contribution >= 4 is 23.4 Å². The Morgan fingerprint density at radius 2 is 2.09 bits per heavy atom. The molecule has 0 bridgehead atoms. The molecule has 4 rings (SSSR count). The lowest BCUT2D eigenvalue weighted by molar-refractivity contribution is 0.573. The molecule has 0 atom stereocenters. The molecule has 1 aliphatic rings. The molecule has 1 aromatic carbocycles. The molecule has 0 radical (unpaired) electrons. The van der Waals surface area contributed by atoms with Crippen LogP contribution < -0.4 is 0 Å². The topological polar surface area (TPSA) is 43.9 Å². The highest BCUT2D eigenvalue weighted by molar-refractivity contribution is 7.98. The normalized spacial score (nSPS) is 14.4. The molecule has 112 valence electrons. The quantitative estimate of drug-likeness (QED) is 0.629. The summed E-state index contributed by atoms with van der Waals surface area (Å²) in [5, 5.41) is 1.76. The predicted molar refractivity (Wildman–Crippen MR) is 87.0 cm³/mol. The van der Waals surface area contributed by atoms with Crippen LogP contribution in [0.15, 0.2) is 52.5 Å². The van der Waals surface area contributed by atoms with Crippen molar-refractivity contribution in [2.24, 2.45) is 0 Å². The van der Waals surface area contributed by atoms with Crippen LogP contribution in [0.3, 0.4) is 0 Å². The van der Waals surface area contributed by atoms with Gasteiger partial charge in [-0.1, -0.05) is 23.4 Å². The van der Waals surface area contributed by atoms with E-state index in [0.717, 1.165) is 22.2 Å². The van der Waals surface area contributed by atoms with Crippen LogP contribution in [0.5, 0.6) is 0 Å². The van der Waals surface area contributed by atoms with Gasteiger partial charge in [-0.05, 0) is 37.1 Å². The lowest BCUT2D eigenvalue weighted by atomic mass is 10.2. The third-order valence-corrected chi connectivity index (χ3v) is 4.83. The Labute approximate surface area is 137 Å². The number of oxazole rings is 1. The molecular weight excluding hydrogens is 318 g/mol. The van der Waals surface area contributed by atoms with Gasteiger partial charge in [0.25, 0.3) is 0 Å². The summed E-state index contributed by atoms with van der Waals surface area (Å²) in [4.78, 5) is 8.95. The Morgan fingerprint density at radius 3 is 2.86 bits per heavy atom. The predicted octanol–water partition coefficient (Wildman–Crippen LogP) is 4.82. The minimum absolute atomic E-state index is 0.623. The number of hydrogen-bond acceptors (Lipinski definition) is 4. The SMILES string of the molecule is Clc1ccc(-c2nc(CSc3nccn3C3CC3)co2)cc1. The second-order valence-corrected chi connectivity index (χ2v) is 6.67. The second kappa shape index (κ2) is 5.82. The van der Waals surface area contributed by atoms with E-state index < -0.39 is 0 Å². The molecule has 3 aromatic rings.